The first kappa shape index (κ1) is 14.8. The van der Waals surface area contributed by atoms with Gasteiger partial charge in [0.05, 0.1) is 24.1 Å². The third-order valence-electron chi connectivity index (χ3n) is 3.82. The van der Waals surface area contributed by atoms with Crippen molar-refractivity contribution in [3.05, 3.63) is 33.9 Å². The fourth-order valence-electron chi connectivity index (χ4n) is 2.70. The first-order valence-corrected chi connectivity index (χ1v) is 7.38. The number of nitro groups is 1. The van der Waals surface area contributed by atoms with Gasteiger partial charge in [-0.05, 0) is 44.2 Å². The van der Waals surface area contributed by atoms with Crippen LogP contribution < -0.4 is 10.1 Å². The minimum atomic E-state index is -0.389. The fourth-order valence-corrected chi connectivity index (χ4v) is 2.70. The molecule has 2 rings (SSSR count). The maximum absolute atomic E-state index is 10.9. The summed E-state index contributed by atoms with van der Waals surface area (Å²) in [6.07, 6.45) is 6.27. The molecule has 1 aromatic carbocycles. The van der Waals surface area contributed by atoms with E-state index in [0.717, 1.165) is 24.6 Å². The maximum atomic E-state index is 10.9. The van der Waals surface area contributed by atoms with E-state index in [1.807, 2.05) is 6.92 Å². The molecule has 5 nitrogen and oxygen atoms in total. The molecule has 110 valence electrons. The second-order valence-electron chi connectivity index (χ2n) is 5.50. The zero-order valence-electron chi connectivity index (χ0n) is 12.0. The molecule has 1 aliphatic rings. The van der Waals surface area contributed by atoms with Crippen molar-refractivity contribution >= 4 is 5.69 Å². The normalized spacial score (nSPS) is 15.4. The van der Waals surface area contributed by atoms with Crippen LogP contribution in [0.1, 0.15) is 37.7 Å². The van der Waals surface area contributed by atoms with Crippen molar-refractivity contribution < 1.29 is 15.0 Å². The molecule has 5 heteroatoms. The van der Waals surface area contributed by atoms with Gasteiger partial charge in [-0.1, -0.05) is 6.07 Å². The van der Waals surface area contributed by atoms with E-state index >= 15 is 0 Å². The van der Waals surface area contributed by atoms with Crippen LogP contribution in [0.5, 0.6) is 5.75 Å². The molecule has 1 saturated carbocycles. The van der Waals surface area contributed by atoms with E-state index in [1.165, 1.54) is 31.7 Å². The van der Waals surface area contributed by atoms with Crippen LogP contribution in [0, 0.1) is 17.0 Å². The van der Waals surface area contributed by atoms with Crippen molar-refractivity contribution in [1.82, 2.24) is 0 Å². The smallest absolute Gasteiger partial charge is 0.310 e. The van der Waals surface area contributed by atoms with E-state index in [1.54, 1.807) is 12.1 Å². The standard InChI is InChI=1S/C15H22N2O3/c1-12-7-8-14(17(18)19)15(11-12)20-10-4-9-16-13-5-2-3-6-13/h7-8,11,13,16H,2-6,9-10H2,1H3/p+1. The molecule has 1 aromatic rings. The number of quaternary nitrogens is 1. The molecule has 2 N–H and O–H groups in total. The highest BCUT2D eigenvalue weighted by atomic mass is 16.6. The molecule has 1 aliphatic carbocycles. The lowest BCUT2D eigenvalue weighted by atomic mass is 10.2. The van der Waals surface area contributed by atoms with Crippen LogP contribution in [0.4, 0.5) is 5.69 Å². The summed E-state index contributed by atoms with van der Waals surface area (Å²) in [5, 5.41) is 13.3. The van der Waals surface area contributed by atoms with E-state index in [0.29, 0.717) is 12.4 Å². The maximum Gasteiger partial charge on any atom is 0.310 e. The van der Waals surface area contributed by atoms with Gasteiger partial charge in [-0.25, -0.2) is 0 Å². The number of nitro benzene ring substituents is 1. The average Bonchev–Trinajstić information content (AvgIpc) is 2.91. The number of nitrogens with zero attached hydrogens (tertiary/aromatic N) is 1. The highest BCUT2D eigenvalue weighted by Crippen LogP contribution is 2.27. The van der Waals surface area contributed by atoms with Crippen molar-refractivity contribution in [2.75, 3.05) is 13.2 Å². The number of benzene rings is 1. The van der Waals surface area contributed by atoms with Crippen LogP contribution in [-0.2, 0) is 0 Å². The molecule has 1 fully saturated rings. The Kier molecular flexibility index (Phi) is 5.35. The Bertz CT molecular complexity index is 456. The number of hydrogen-bond acceptors (Lipinski definition) is 3. The number of nitrogens with two attached hydrogens (primary N) is 1. The molecule has 0 radical (unpaired) electrons. The molecule has 0 spiro atoms. The van der Waals surface area contributed by atoms with Crippen LogP contribution in [0.25, 0.3) is 0 Å². The predicted octanol–water partition coefficient (Wildman–Crippen LogP) is 2.18. The zero-order chi connectivity index (χ0) is 14.4. The van der Waals surface area contributed by atoms with Crippen LogP contribution >= 0.6 is 0 Å². The Morgan fingerprint density at radius 3 is 2.85 bits per heavy atom. The molecule has 0 aliphatic heterocycles. The summed E-state index contributed by atoms with van der Waals surface area (Å²) in [5.74, 6) is 0.385. The van der Waals surface area contributed by atoms with E-state index < -0.39 is 0 Å². The zero-order valence-corrected chi connectivity index (χ0v) is 12.0. The number of aryl methyl sites for hydroxylation is 1. The summed E-state index contributed by atoms with van der Waals surface area (Å²) in [7, 11) is 0. The van der Waals surface area contributed by atoms with Crippen molar-refractivity contribution in [3.8, 4) is 5.75 Å². The van der Waals surface area contributed by atoms with Crippen LogP contribution in [-0.4, -0.2) is 24.1 Å². The molecular weight excluding hydrogens is 256 g/mol. The molecule has 0 amide bonds. The Morgan fingerprint density at radius 1 is 1.40 bits per heavy atom. The van der Waals surface area contributed by atoms with Crippen LogP contribution in [0.2, 0.25) is 0 Å². The van der Waals surface area contributed by atoms with Crippen LogP contribution in [0.15, 0.2) is 18.2 Å². The molecular formula is C15H23N2O3+. The quantitative estimate of drug-likeness (QED) is 0.472. The minimum absolute atomic E-state index is 0.0513. The van der Waals surface area contributed by atoms with Gasteiger partial charge in [-0.3, -0.25) is 10.1 Å². The highest BCUT2D eigenvalue weighted by Gasteiger charge is 2.17. The number of ether oxygens (including phenoxy) is 1. The van der Waals surface area contributed by atoms with Gasteiger partial charge in [-0.15, -0.1) is 0 Å². The summed E-state index contributed by atoms with van der Waals surface area (Å²) in [6.45, 7) is 3.47. The summed E-state index contributed by atoms with van der Waals surface area (Å²) < 4.78 is 5.58. The van der Waals surface area contributed by atoms with Gasteiger partial charge in [0.1, 0.15) is 0 Å². The summed E-state index contributed by atoms with van der Waals surface area (Å²) in [6, 6.07) is 5.76. The third-order valence-corrected chi connectivity index (χ3v) is 3.82. The largest absolute Gasteiger partial charge is 0.487 e. The third kappa shape index (κ3) is 4.20. The monoisotopic (exact) mass is 279 g/mol. The number of hydrogen-bond donors (Lipinski definition) is 1. The van der Waals surface area contributed by atoms with Crippen molar-refractivity contribution in [2.45, 2.75) is 45.1 Å². The SMILES string of the molecule is Cc1ccc([N+](=O)[O-])c(OCCC[NH2+]C2CCCC2)c1. The summed E-state index contributed by atoms with van der Waals surface area (Å²) in [4.78, 5) is 10.5. The number of rotatable bonds is 7. The van der Waals surface area contributed by atoms with Gasteiger partial charge in [0.15, 0.2) is 5.75 Å². The lowest BCUT2D eigenvalue weighted by molar-refractivity contribution is -0.688. The average molecular weight is 279 g/mol. The van der Waals surface area contributed by atoms with E-state index in [9.17, 15) is 10.1 Å². The first-order chi connectivity index (χ1) is 9.66. The lowest BCUT2D eigenvalue weighted by Gasteiger charge is -2.09. The van der Waals surface area contributed by atoms with Gasteiger partial charge < -0.3 is 10.1 Å². The second kappa shape index (κ2) is 7.24. The van der Waals surface area contributed by atoms with E-state index in [4.69, 9.17) is 4.74 Å². The fraction of sp³-hybridized carbons (Fsp3) is 0.600. The second-order valence-corrected chi connectivity index (χ2v) is 5.50. The Labute approximate surface area is 119 Å². The highest BCUT2D eigenvalue weighted by molar-refractivity contribution is 5.48. The molecule has 0 heterocycles. The lowest BCUT2D eigenvalue weighted by Crippen LogP contribution is -2.89. The Morgan fingerprint density at radius 2 is 2.15 bits per heavy atom. The summed E-state index contributed by atoms with van der Waals surface area (Å²) in [5.41, 5.74) is 1.03. The summed E-state index contributed by atoms with van der Waals surface area (Å²) >= 11 is 0. The van der Waals surface area contributed by atoms with Crippen molar-refractivity contribution in [1.29, 1.82) is 0 Å². The van der Waals surface area contributed by atoms with E-state index in [2.05, 4.69) is 5.32 Å². The van der Waals surface area contributed by atoms with Crippen molar-refractivity contribution in [2.24, 2.45) is 0 Å². The first-order valence-electron chi connectivity index (χ1n) is 7.38. The van der Waals surface area contributed by atoms with Gasteiger partial charge >= 0.3 is 5.69 Å². The predicted molar refractivity (Wildman–Crippen MR) is 77.0 cm³/mol. The van der Waals surface area contributed by atoms with E-state index in [-0.39, 0.29) is 10.6 Å². The van der Waals surface area contributed by atoms with Gasteiger partial charge in [0.2, 0.25) is 0 Å². The molecule has 0 bridgehead atoms. The Hall–Kier alpha value is -1.62. The molecule has 0 saturated heterocycles. The minimum Gasteiger partial charge on any atom is -0.487 e. The van der Waals surface area contributed by atoms with Crippen molar-refractivity contribution in [3.63, 3.8) is 0 Å². The topological polar surface area (TPSA) is 69.0 Å². The van der Waals surface area contributed by atoms with Crippen LogP contribution in [0.3, 0.4) is 0 Å². The molecule has 20 heavy (non-hydrogen) atoms. The molecule has 0 atom stereocenters. The van der Waals surface area contributed by atoms with Gasteiger partial charge in [0.25, 0.3) is 0 Å². The van der Waals surface area contributed by atoms with Gasteiger partial charge in [-0.2, -0.15) is 0 Å². The molecule has 0 unspecified atom stereocenters. The van der Waals surface area contributed by atoms with Gasteiger partial charge in [0, 0.05) is 12.5 Å². The molecule has 0 aromatic heterocycles. The Balaban J connectivity index is 1.75.